The molecule has 0 saturated carbocycles. The summed E-state index contributed by atoms with van der Waals surface area (Å²) in [5, 5.41) is 10.5. The normalized spacial score (nSPS) is 14.9. The van der Waals surface area contributed by atoms with Crippen LogP contribution < -0.4 is 5.32 Å². The third kappa shape index (κ3) is 2.99. The van der Waals surface area contributed by atoms with Crippen molar-refractivity contribution >= 4 is 33.8 Å². The molecule has 0 aromatic carbocycles. The van der Waals surface area contributed by atoms with E-state index in [-0.39, 0.29) is 17.4 Å². The molecule has 10 heteroatoms. The Labute approximate surface area is 176 Å². The van der Waals surface area contributed by atoms with E-state index in [4.69, 9.17) is 0 Å². The van der Waals surface area contributed by atoms with Crippen LogP contribution >= 0.6 is 0 Å². The molecule has 2 N–H and O–H groups in total. The lowest BCUT2D eigenvalue weighted by atomic mass is 10.1. The number of aromatic nitrogens is 7. The fourth-order valence-corrected chi connectivity index (χ4v) is 4.00. The summed E-state index contributed by atoms with van der Waals surface area (Å²) in [7, 11) is 2.04. The first-order valence-corrected chi connectivity index (χ1v) is 9.90. The van der Waals surface area contributed by atoms with Crippen molar-refractivity contribution in [3.05, 3.63) is 54.9 Å². The Kier molecular flexibility index (Phi) is 3.93. The largest absolute Gasteiger partial charge is 0.322 e. The number of likely N-dealkylation sites (tertiary alicyclic amines) is 1. The molecule has 1 fully saturated rings. The van der Waals surface area contributed by atoms with Gasteiger partial charge in [-0.1, -0.05) is 0 Å². The van der Waals surface area contributed by atoms with E-state index in [0.717, 1.165) is 35.4 Å². The Bertz CT molecular complexity index is 1410. The molecule has 0 spiro atoms. The fourth-order valence-electron chi connectivity index (χ4n) is 4.00. The van der Waals surface area contributed by atoms with Gasteiger partial charge in [0.25, 0.3) is 0 Å². The number of H-pyrrole nitrogens is 1. The highest BCUT2D eigenvalue weighted by Crippen LogP contribution is 2.29. The molecule has 5 aromatic heterocycles. The first-order chi connectivity index (χ1) is 15.2. The van der Waals surface area contributed by atoms with E-state index >= 15 is 0 Å². The van der Waals surface area contributed by atoms with E-state index in [1.807, 2.05) is 35.9 Å². The van der Waals surface area contributed by atoms with Crippen molar-refractivity contribution in [2.24, 2.45) is 0 Å². The van der Waals surface area contributed by atoms with Gasteiger partial charge in [-0.3, -0.25) is 15.1 Å². The Balaban J connectivity index is 1.32. The second-order valence-corrected chi connectivity index (χ2v) is 7.71. The molecule has 1 aliphatic heterocycles. The molecule has 31 heavy (non-hydrogen) atoms. The highest BCUT2D eigenvalue weighted by molar-refractivity contribution is 5.90. The number of hydrogen-bond donors (Lipinski definition) is 2. The zero-order chi connectivity index (χ0) is 20.9. The maximum atomic E-state index is 14.3. The van der Waals surface area contributed by atoms with Crippen LogP contribution in [0.4, 0.5) is 16.0 Å². The molecule has 0 bridgehead atoms. The lowest BCUT2D eigenvalue weighted by Gasteiger charge is -2.37. The molecule has 0 aliphatic carbocycles. The Morgan fingerprint density at radius 2 is 2.00 bits per heavy atom. The monoisotopic (exact) mass is 415 g/mol. The van der Waals surface area contributed by atoms with Crippen molar-refractivity contribution in [3.63, 3.8) is 0 Å². The number of hydrogen-bond acceptors (Lipinski definition) is 7. The summed E-state index contributed by atoms with van der Waals surface area (Å²) < 4.78 is 16.2. The maximum absolute atomic E-state index is 14.3. The second kappa shape index (κ2) is 6.81. The zero-order valence-electron chi connectivity index (χ0n) is 16.6. The SMILES string of the molecule is CN1CC(n2cc(F)c3ncc(Nc4cc(-c5ccnc6cccnc56)[nH]n4)nc32)C1. The number of fused-ring (bicyclic) bond motifs is 2. The number of aromatic amines is 1. The molecule has 9 nitrogen and oxygen atoms in total. The standard InChI is InChI=1S/C21H18FN9/c1-30-9-12(10-30)31-11-14(22)20-21(31)27-18(8-25-20)26-17-7-16(28-29-17)13-4-6-23-15-3-2-5-24-19(13)15/h2-8,11-12H,9-10H2,1H3,(H2,26,27,28,29). The van der Waals surface area contributed by atoms with Crippen molar-refractivity contribution in [2.45, 2.75) is 6.04 Å². The smallest absolute Gasteiger partial charge is 0.168 e. The minimum atomic E-state index is -0.359. The third-order valence-corrected chi connectivity index (χ3v) is 5.54. The van der Waals surface area contributed by atoms with Gasteiger partial charge in [-0.15, -0.1) is 0 Å². The molecular weight excluding hydrogens is 397 g/mol. The van der Waals surface area contributed by atoms with E-state index < -0.39 is 0 Å². The molecule has 154 valence electrons. The van der Waals surface area contributed by atoms with Crippen molar-refractivity contribution in [3.8, 4) is 11.3 Å². The van der Waals surface area contributed by atoms with Gasteiger partial charge in [-0.2, -0.15) is 5.10 Å². The topological polar surface area (TPSA) is 100 Å². The van der Waals surface area contributed by atoms with Gasteiger partial charge in [-0.05, 0) is 25.2 Å². The molecule has 5 aromatic rings. The Morgan fingerprint density at radius 1 is 1.10 bits per heavy atom. The molecule has 0 unspecified atom stereocenters. The minimum Gasteiger partial charge on any atom is -0.322 e. The van der Waals surface area contributed by atoms with E-state index in [9.17, 15) is 4.39 Å². The minimum absolute atomic E-state index is 0.200. The van der Waals surface area contributed by atoms with Crippen LogP contribution in [0, 0.1) is 5.82 Å². The summed E-state index contributed by atoms with van der Waals surface area (Å²) in [6.45, 7) is 1.72. The summed E-state index contributed by atoms with van der Waals surface area (Å²) in [5.41, 5.74) is 4.11. The number of nitrogens with zero attached hydrogens (tertiary/aromatic N) is 7. The van der Waals surface area contributed by atoms with Crippen LogP contribution in [-0.4, -0.2) is 59.7 Å². The zero-order valence-corrected chi connectivity index (χ0v) is 16.6. The van der Waals surface area contributed by atoms with Crippen molar-refractivity contribution in [1.82, 2.24) is 39.6 Å². The molecule has 6 heterocycles. The van der Waals surface area contributed by atoms with Gasteiger partial charge in [-0.25, -0.2) is 14.4 Å². The highest BCUT2D eigenvalue weighted by atomic mass is 19.1. The molecule has 6 rings (SSSR count). The van der Waals surface area contributed by atoms with Crippen LogP contribution in [0.1, 0.15) is 6.04 Å². The lowest BCUT2D eigenvalue weighted by molar-refractivity contribution is 0.143. The molecule has 0 radical (unpaired) electrons. The fraction of sp³-hybridized carbons (Fsp3) is 0.190. The third-order valence-electron chi connectivity index (χ3n) is 5.54. The van der Waals surface area contributed by atoms with Crippen LogP contribution in [0.3, 0.4) is 0 Å². The predicted octanol–water partition coefficient (Wildman–Crippen LogP) is 3.13. The predicted molar refractivity (Wildman–Crippen MR) is 114 cm³/mol. The van der Waals surface area contributed by atoms with Crippen molar-refractivity contribution in [2.75, 3.05) is 25.5 Å². The molecule has 1 saturated heterocycles. The van der Waals surface area contributed by atoms with Crippen LogP contribution in [-0.2, 0) is 0 Å². The maximum Gasteiger partial charge on any atom is 0.168 e. The van der Waals surface area contributed by atoms with Crippen molar-refractivity contribution < 1.29 is 4.39 Å². The van der Waals surface area contributed by atoms with Crippen LogP contribution in [0.15, 0.2) is 49.1 Å². The summed E-state index contributed by atoms with van der Waals surface area (Å²) in [5.74, 6) is 0.713. The average Bonchev–Trinajstić information content (AvgIpc) is 3.35. The second-order valence-electron chi connectivity index (χ2n) is 7.71. The Morgan fingerprint density at radius 3 is 2.87 bits per heavy atom. The van der Waals surface area contributed by atoms with Gasteiger partial charge >= 0.3 is 0 Å². The lowest BCUT2D eigenvalue weighted by Crippen LogP contribution is -2.44. The average molecular weight is 415 g/mol. The summed E-state index contributed by atoms with van der Waals surface area (Å²) in [6, 6.07) is 7.74. The van der Waals surface area contributed by atoms with E-state index in [1.54, 1.807) is 12.4 Å². The number of likely N-dealkylation sites (N-methyl/N-ethyl adjacent to an activating group) is 1. The quantitative estimate of drug-likeness (QED) is 0.465. The van der Waals surface area contributed by atoms with Gasteiger partial charge in [0, 0.05) is 43.3 Å². The number of pyridine rings is 2. The first-order valence-electron chi connectivity index (χ1n) is 9.90. The van der Waals surface area contributed by atoms with E-state index in [2.05, 4.69) is 40.3 Å². The van der Waals surface area contributed by atoms with Gasteiger partial charge in [0.1, 0.15) is 5.52 Å². The van der Waals surface area contributed by atoms with Gasteiger partial charge in [0.15, 0.2) is 23.1 Å². The van der Waals surface area contributed by atoms with Gasteiger partial charge in [0.05, 0.1) is 29.0 Å². The van der Waals surface area contributed by atoms with Crippen LogP contribution in [0.25, 0.3) is 33.5 Å². The molecule has 0 atom stereocenters. The number of nitrogens with one attached hydrogen (secondary N) is 2. The number of rotatable bonds is 4. The van der Waals surface area contributed by atoms with Gasteiger partial charge in [0.2, 0.25) is 0 Å². The van der Waals surface area contributed by atoms with Crippen molar-refractivity contribution in [1.29, 1.82) is 0 Å². The summed E-state index contributed by atoms with van der Waals surface area (Å²) in [6.07, 6.45) is 6.48. The van der Waals surface area contributed by atoms with E-state index in [1.165, 1.54) is 12.4 Å². The molecule has 1 aliphatic rings. The molecule has 0 amide bonds. The number of halogens is 1. The van der Waals surface area contributed by atoms with E-state index in [0.29, 0.717) is 17.3 Å². The van der Waals surface area contributed by atoms with Crippen LogP contribution in [0.2, 0.25) is 0 Å². The number of anilines is 2. The summed E-state index contributed by atoms with van der Waals surface area (Å²) >= 11 is 0. The highest BCUT2D eigenvalue weighted by Gasteiger charge is 2.28. The Hall–Kier alpha value is -3.92. The van der Waals surface area contributed by atoms with Gasteiger partial charge < -0.3 is 14.8 Å². The summed E-state index contributed by atoms with van der Waals surface area (Å²) in [4.78, 5) is 19.8. The molecular formula is C21H18FN9. The van der Waals surface area contributed by atoms with Crippen LogP contribution in [0.5, 0.6) is 0 Å². The first kappa shape index (κ1) is 17.9.